The Morgan fingerprint density at radius 1 is 1.12 bits per heavy atom. The van der Waals surface area contributed by atoms with Crippen molar-refractivity contribution >= 4 is 11.6 Å². The molecule has 138 valence electrons. The number of nitrogens with zero attached hydrogens (tertiary/aromatic N) is 2. The molecular formula is C21H33N3O. The molecule has 25 heavy (non-hydrogen) atoms. The molecule has 1 aliphatic carbocycles. The van der Waals surface area contributed by atoms with E-state index in [0.717, 1.165) is 23.8 Å². The van der Waals surface area contributed by atoms with E-state index in [1.807, 2.05) is 14.1 Å². The first-order valence-corrected chi connectivity index (χ1v) is 9.89. The zero-order valence-electron chi connectivity index (χ0n) is 15.8. The normalized spacial score (nSPS) is 22.1. The van der Waals surface area contributed by atoms with Gasteiger partial charge in [-0.1, -0.05) is 31.4 Å². The second-order valence-electron chi connectivity index (χ2n) is 7.98. The summed E-state index contributed by atoms with van der Waals surface area (Å²) in [6, 6.07) is 9.05. The molecule has 4 nitrogen and oxygen atoms in total. The smallest absolute Gasteiger partial charge is 0.224 e. The summed E-state index contributed by atoms with van der Waals surface area (Å²) in [7, 11) is 4.06. The predicted octanol–water partition coefficient (Wildman–Crippen LogP) is 3.07. The Morgan fingerprint density at radius 2 is 1.84 bits per heavy atom. The maximum atomic E-state index is 12.2. The summed E-state index contributed by atoms with van der Waals surface area (Å²) >= 11 is 0. The standard InChI is InChI=1S/C21H33N3O/c1-23(2)19-10-8-17(9-11-19)14-21(25)22-15-18-12-13-24(16-18)20-6-4-3-5-7-20/h8-11,18,20H,3-7,12-16H2,1-2H3,(H,22,25). The SMILES string of the molecule is CN(C)c1ccc(CC(=O)NCC2CCN(C3CCCCC3)C2)cc1. The van der Waals surface area contributed by atoms with Gasteiger partial charge in [-0.05, 0) is 49.4 Å². The van der Waals surface area contributed by atoms with Crippen LogP contribution in [0.25, 0.3) is 0 Å². The number of hydrogen-bond acceptors (Lipinski definition) is 3. The maximum absolute atomic E-state index is 12.2. The van der Waals surface area contributed by atoms with Gasteiger partial charge in [0, 0.05) is 38.9 Å². The van der Waals surface area contributed by atoms with Gasteiger partial charge in [0.05, 0.1) is 6.42 Å². The minimum Gasteiger partial charge on any atom is -0.378 e. The first-order valence-electron chi connectivity index (χ1n) is 9.89. The lowest BCUT2D eigenvalue weighted by Gasteiger charge is -2.31. The highest BCUT2D eigenvalue weighted by atomic mass is 16.1. The Labute approximate surface area is 152 Å². The van der Waals surface area contributed by atoms with E-state index in [1.165, 1.54) is 51.6 Å². The van der Waals surface area contributed by atoms with Gasteiger partial charge in [-0.2, -0.15) is 0 Å². The molecule has 1 amide bonds. The zero-order valence-corrected chi connectivity index (χ0v) is 15.8. The van der Waals surface area contributed by atoms with Crippen molar-refractivity contribution in [1.29, 1.82) is 0 Å². The number of carbonyl (C=O) groups excluding carboxylic acids is 1. The predicted molar refractivity (Wildman–Crippen MR) is 104 cm³/mol. The summed E-state index contributed by atoms with van der Waals surface area (Å²) in [5.41, 5.74) is 2.25. The van der Waals surface area contributed by atoms with E-state index in [4.69, 9.17) is 0 Å². The van der Waals surface area contributed by atoms with E-state index in [-0.39, 0.29) is 5.91 Å². The number of anilines is 1. The summed E-state index contributed by atoms with van der Waals surface area (Å²) in [6.45, 7) is 3.22. The van der Waals surface area contributed by atoms with E-state index in [2.05, 4.69) is 39.4 Å². The molecule has 1 atom stereocenters. The van der Waals surface area contributed by atoms with Gasteiger partial charge in [0.1, 0.15) is 0 Å². The Kier molecular flexibility index (Phi) is 6.35. The van der Waals surface area contributed by atoms with Gasteiger partial charge in [-0.15, -0.1) is 0 Å². The molecule has 1 aromatic rings. The van der Waals surface area contributed by atoms with Crippen LogP contribution in [0.2, 0.25) is 0 Å². The topological polar surface area (TPSA) is 35.6 Å². The minimum absolute atomic E-state index is 0.147. The molecule has 4 heteroatoms. The second kappa shape index (κ2) is 8.70. The summed E-state index contributed by atoms with van der Waals surface area (Å²) < 4.78 is 0. The van der Waals surface area contributed by atoms with Crippen molar-refractivity contribution in [2.24, 2.45) is 5.92 Å². The molecule has 3 rings (SSSR count). The van der Waals surface area contributed by atoms with Crippen molar-refractivity contribution in [3.63, 3.8) is 0 Å². The van der Waals surface area contributed by atoms with Crippen LogP contribution < -0.4 is 10.2 Å². The number of amides is 1. The van der Waals surface area contributed by atoms with Gasteiger partial charge >= 0.3 is 0 Å². The van der Waals surface area contributed by atoms with Crippen LogP contribution in [-0.2, 0) is 11.2 Å². The van der Waals surface area contributed by atoms with Gasteiger partial charge in [0.15, 0.2) is 0 Å². The quantitative estimate of drug-likeness (QED) is 0.862. The molecule has 1 saturated carbocycles. The van der Waals surface area contributed by atoms with E-state index < -0.39 is 0 Å². The van der Waals surface area contributed by atoms with E-state index >= 15 is 0 Å². The molecule has 1 aliphatic heterocycles. The summed E-state index contributed by atoms with van der Waals surface area (Å²) in [6.07, 6.45) is 8.68. The molecule has 0 spiro atoms. The van der Waals surface area contributed by atoms with Crippen LogP contribution in [0.5, 0.6) is 0 Å². The van der Waals surface area contributed by atoms with Crippen molar-refractivity contribution in [3.05, 3.63) is 29.8 Å². The molecule has 1 saturated heterocycles. The van der Waals surface area contributed by atoms with Crippen molar-refractivity contribution in [1.82, 2.24) is 10.2 Å². The Morgan fingerprint density at radius 3 is 2.52 bits per heavy atom. The summed E-state index contributed by atoms with van der Waals surface area (Å²) in [5.74, 6) is 0.774. The minimum atomic E-state index is 0.147. The average molecular weight is 344 g/mol. The van der Waals surface area contributed by atoms with Gasteiger partial charge in [0.2, 0.25) is 5.91 Å². The summed E-state index contributed by atoms with van der Waals surface area (Å²) in [5, 5.41) is 3.16. The van der Waals surface area contributed by atoms with Crippen LogP contribution in [0.1, 0.15) is 44.1 Å². The molecule has 0 radical (unpaired) electrons. The van der Waals surface area contributed by atoms with E-state index in [9.17, 15) is 4.79 Å². The maximum Gasteiger partial charge on any atom is 0.224 e. The molecule has 1 N–H and O–H groups in total. The van der Waals surface area contributed by atoms with Crippen molar-refractivity contribution in [2.45, 2.75) is 51.0 Å². The highest BCUT2D eigenvalue weighted by Crippen LogP contribution is 2.27. The number of rotatable bonds is 6. The molecule has 1 unspecified atom stereocenters. The molecule has 2 fully saturated rings. The fraction of sp³-hybridized carbons (Fsp3) is 0.667. The number of likely N-dealkylation sites (tertiary alicyclic amines) is 1. The lowest BCUT2D eigenvalue weighted by molar-refractivity contribution is -0.120. The average Bonchev–Trinajstić information content (AvgIpc) is 3.10. The van der Waals surface area contributed by atoms with Gasteiger partial charge in [0.25, 0.3) is 0 Å². The summed E-state index contributed by atoms with van der Waals surface area (Å²) in [4.78, 5) is 17.0. The van der Waals surface area contributed by atoms with Gasteiger partial charge < -0.3 is 15.1 Å². The number of benzene rings is 1. The van der Waals surface area contributed by atoms with Gasteiger partial charge in [-0.3, -0.25) is 4.79 Å². The van der Waals surface area contributed by atoms with Crippen LogP contribution in [0.15, 0.2) is 24.3 Å². The Bertz CT molecular complexity index is 549. The van der Waals surface area contributed by atoms with E-state index in [0.29, 0.717) is 12.3 Å². The monoisotopic (exact) mass is 343 g/mol. The van der Waals surface area contributed by atoms with E-state index in [1.54, 1.807) is 0 Å². The Balaban J connectivity index is 1.39. The first-order chi connectivity index (χ1) is 12.1. The van der Waals surface area contributed by atoms with Crippen LogP contribution >= 0.6 is 0 Å². The van der Waals surface area contributed by atoms with Crippen molar-refractivity contribution in [2.75, 3.05) is 38.6 Å². The van der Waals surface area contributed by atoms with Crippen molar-refractivity contribution < 1.29 is 4.79 Å². The van der Waals surface area contributed by atoms with Crippen LogP contribution in [0.4, 0.5) is 5.69 Å². The van der Waals surface area contributed by atoms with Gasteiger partial charge in [-0.25, -0.2) is 0 Å². The number of nitrogens with one attached hydrogen (secondary N) is 1. The first kappa shape index (κ1) is 18.2. The molecular weight excluding hydrogens is 310 g/mol. The lowest BCUT2D eigenvalue weighted by Crippen LogP contribution is -2.36. The molecule has 0 bridgehead atoms. The largest absolute Gasteiger partial charge is 0.378 e. The third-order valence-electron chi connectivity index (χ3n) is 5.81. The molecule has 2 aliphatic rings. The third kappa shape index (κ3) is 5.21. The third-order valence-corrected chi connectivity index (χ3v) is 5.81. The fourth-order valence-corrected chi connectivity index (χ4v) is 4.23. The fourth-order valence-electron chi connectivity index (χ4n) is 4.23. The van der Waals surface area contributed by atoms with Crippen molar-refractivity contribution in [3.8, 4) is 0 Å². The highest BCUT2D eigenvalue weighted by Gasteiger charge is 2.29. The molecule has 1 heterocycles. The Hall–Kier alpha value is -1.55. The highest BCUT2D eigenvalue weighted by molar-refractivity contribution is 5.78. The number of hydrogen-bond donors (Lipinski definition) is 1. The second-order valence-corrected chi connectivity index (χ2v) is 7.98. The van der Waals surface area contributed by atoms with Crippen LogP contribution in [0, 0.1) is 5.92 Å². The number of carbonyl (C=O) groups is 1. The lowest BCUT2D eigenvalue weighted by atomic mass is 9.94. The zero-order chi connectivity index (χ0) is 17.6. The van der Waals surface area contributed by atoms with Crippen LogP contribution in [0.3, 0.4) is 0 Å². The van der Waals surface area contributed by atoms with Crippen LogP contribution in [-0.4, -0.2) is 50.6 Å². The molecule has 0 aromatic heterocycles. The molecule has 1 aromatic carbocycles.